The summed E-state index contributed by atoms with van der Waals surface area (Å²) in [6.07, 6.45) is 0. The molecule has 1 aliphatic heterocycles. The molecular formula is C18H14F4N2O2. The normalized spacial score (nSPS) is 14.5. The second kappa shape index (κ2) is 7.15. The van der Waals surface area contributed by atoms with Gasteiger partial charge in [-0.2, -0.15) is 0 Å². The largest absolute Gasteiger partial charge is 0.335 e. The summed E-state index contributed by atoms with van der Waals surface area (Å²) < 4.78 is 54.9. The Morgan fingerprint density at radius 2 is 0.885 bits per heavy atom. The minimum absolute atomic E-state index is 0.00554. The van der Waals surface area contributed by atoms with Crippen molar-refractivity contribution in [1.82, 2.24) is 9.80 Å². The fourth-order valence-electron chi connectivity index (χ4n) is 2.83. The van der Waals surface area contributed by atoms with Crippen molar-refractivity contribution in [3.8, 4) is 0 Å². The molecule has 1 saturated heterocycles. The standard InChI is InChI=1S/C18H14F4N2O2/c19-11-3-1-4-12(20)15(11)17(25)23-7-9-24(10-8-23)18(26)16-13(21)5-2-6-14(16)22/h1-6H,7-10H2. The van der Waals surface area contributed by atoms with Gasteiger partial charge in [0, 0.05) is 26.2 Å². The number of hydrogen-bond donors (Lipinski definition) is 0. The number of piperazine rings is 1. The van der Waals surface area contributed by atoms with Crippen LogP contribution in [0.4, 0.5) is 17.6 Å². The van der Waals surface area contributed by atoms with E-state index in [9.17, 15) is 27.2 Å². The summed E-state index contributed by atoms with van der Waals surface area (Å²) in [6.45, 7) is -0.0221. The molecule has 0 aromatic heterocycles. The van der Waals surface area contributed by atoms with Crippen LogP contribution in [0.2, 0.25) is 0 Å². The van der Waals surface area contributed by atoms with Crippen LogP contribution in [0.25, 0.3) is 0 Å². The number of amides is 2. The van der Waals surface area contributed by atoms with Crippen molar-refractivity contribution in [1.29, 1.82) is 0 Å². The van der Waals surface area contributed by atoms with Crippen LogP contribution < -0.4 is 0 Å². The highest BCUT2D eigenvalue weighted by Crippen LogP contribution is 2.19. The van der Waals surface area contributed by atoms with Crippen LogP contribution >= 0.6 is 0 Å². The van der Waals surface area contributed by atoms with Crippen LogP contribution in [0, 0.1) is 23.3 Å². The third-order valence-corrected chi connectivity index (χ3v) is 4.21. The average molecular weight is 366 g/mol. The number of halogens is 4. The van der Waals surface area contributed by atoms with E-state index in [1.54, 1.807) is 0 Å². The molecule has 26 heavy (non-hydrogen) atoms. The highest BCUT2D eigenvalue weighted by atomic mass is 19.1. The van der Waals surface area contributed by atoms with Crippen molar-refractivity contribution in [3.05, 3.63) is 70.8 Å². The lowest BCUT2D eigenvalue weighted by Gasteiger charge is -2.35. The number of carbonyl (C=O) groups is 2. The first-order valence-corrected chi connectivity index (χ1v) is 7.86. The lowest BCUT2D eigenvalue weighted by molar-refractivity contribution is 0.0524. The number of hydrogen-bond acceptors (Lipinski definition) is 2. The second-order valence-corrected chi connectivity index (χ2v) is 5.78. The van der Waals surface area contributed by atoms with Crippen molar-refractivity contribution in [2.45, 2.75) is 0 Å². The molecule has 2 amide bonds. The van der Waals surface area contributed by atoms with Gasteiger partial charge in [-0.15, -0.1) is 0 Å². The Hall–Kier alpha value is -2.90. The highest BCUT2D eigenvalue weighted by Gasteiger charge is 2.30. The van der Waals surface area contributed by atoms with Crippen LogP contribution in [0.15, 0.2) is 36.4 Å². The monoisotopic (exact) mass is 366 g/mol. The van der Waals surface area contributed by atoms with Crippen LogP contribution in [0.1, 0.15) is 20.7 Å². The molecule has 1 heterocycles. The van der Waals surface area contributed by atoms with Crippen LogP contribution in [0.5, 0.6) is 0 Å². The maximum absolute atomic E-state index is 13.7. The van der Waals surface area contributed by atoms with Crippen molar-refractivity contribution < 1.29 is 27.2 Å². The first-order valence-electron chi connectivity index (χ1n) is 7.86. The predicted molar refractivity (Wildman–Crippen MR) is 84.5 cm³/mol. The zero-order valence-corrected chi connectivity index (χ0v) is 13.5. The van der Waals surface area contributed by atoms with E-state index < -0.39 is 46.2 Å². The Balaban J connectivity index is 1.71. The number of benzene rings is 2. The molecule has 0 atom stereocenters. The first kappa shape index (κ1) is 17.9. The topological polar surface area (TPSA) is 40.6 Å². The van der Waals surface area contributed by atoms with Gasteiger partial charge in [-0.25, -0.2) is 17.6 Å². The molecule has 1 fully saturated rings. The van der Waals surface area contributed by atoms with Gasteiger partial charge in [0.15, 0.2) is 0 Å². The molecule has 2 aromatic carbocycles. The molecule has 136 valence electrons. The summed E-state index contributed by atoms with van der Waals surface area (Å²) in [5.41, 5.74) is -1.32. The van der Waals surface area contributed by atoms with Crippen molar-refractivity contribution in [3.63, 3.8) is 0 Å². The molecule has 2 aromatic rings. The summed E-state index contributed by atoms with van der Waals surface area (Å²) >= 11 is 0. The zero-order valence-electron chi connectivity index (χ0n) is 13.5. The predicted octanol–water partition coefficient (Wildman–Crippen LogP) is 2.84. The van der Waals surface area contributed by atoms with E-state index in [2.05, 4.69) is 0 Å². The molecule has 3 rings (SSSR count). The van der Waals surface area contributed by atoms with Crippen molar-refractivity contribution >= 4 is 11.8 Å². The quantitative estimate of drug-likeness (QED) is 0.767. The zero-order chi connectivity index (χ0) is 18.8. The molecule has 0 N–H and O–H groups in total. The maximum Gasteiger partial charge on any atom is 0.259 e. The fourth-order valence-corrected chi connectivity index (χ4v) is 2.83. The van der Waals surface area contributed by atoms with Gasteiger partial charge in [0.25, 0.3) is 11.8 Å². The van der Waals surface area contributed by atoms with Crippen LogP contribution in [-0.2, 0) is 0 Å². The molecule has 0 aliphatic carbocycles. The van der Waals surface area contributed by atoms with Gasteiger partial charge in [-0.3, -0.25) is 9.59 Å². The smallest absolute Gasteiger partial charge is 0.259 e. The Kier molecular flexibility index (Phi) is 4.92. The molecule has 0 unspecified atom stereocenters. The van der Waals surface area contributed by atoms with Gasteiger partial charge in [0.2, 0.25) is 0 Å². The van der Waals surface area contributed by atoms with E-state index in [0.29, 0.717) is 0 Å². The molecule has 1 aliphatic rings. The molecule has 8 heteroatoms. The van der Waals surface area contributed by atoms with E-state index in [0.717, 1.165) is 36.4 Å². The van der Waals surface area contributed by atoms with Gasteiger partial charge in [-0.05, 0) is 24.3 Å². The maximum atomic E-state index is 13.7. The highest BCUT2D eigenvalue weighted by molar-refractivity contribution is 5.96. The van der Waals surface area contributed by atoms with Gasteiger partial charge in [-0.1, -0.05) is 12.1 Å². The minimum Gasteiger partial charge on any atom is -0.335 e. The van der Waals surface area contributed by atoms with Gasteiger partial charge in [0.05, 0.1) is 0 Å². The molecule has 0 saturated carbocycles. The Morgan fingerprint density at radius 1 is 0.615 bits per heavy atom. The number of rotatable bonds is 2. The van der Waals surface area contributed by atoms with Crippen LogP contribution in [-0.4, -0.2) is 47.8 Å². The summed E-state index contributed by atoms with van der Waals surface area (Å²) in [7, 11) is 0. The fraction of sp³-hybridized carbons (Fsp3) is 0.222. The second-order valence-electron chi connectivity index (χ2n) is 5.78. The van der Waals surface area contributed by atoms with Crippen LogP contribution in [0.3, 0.4) is 0 Å². The molecular weight excluding hydrogens is 352 g/mol. The van der Waals surface area contributed by atoms with E-state index >= 15 is 0 Å². The molecule has 0 radical (unpaired) electrons. The van der Waals surface area contributed by atoms with Gasteiger partial charge < -0.3 is 9.80 Å². The van der Waals surface area contributed by atoms with Crippen molar-refractivity contribution in [2.75, 3.05) is 26.2 Å². The Morgan fingerprint density at radius 3 is 1.15 bits per heavy atom. The third kappa shape index (κ3) is 3.26. The molecule has 0 spiro atoms. The summed E-state index contributed by atoms with van der Waals surface area (Å²) in [4.78, 5) is 27.0. The van der Waals surface area contributed by atoms with Crippen molar-refractivity contribution in [2.24, 2.45) is 0 Å². The Labute approximate surface area is 146 Å². The first-order chi connectivity index (χ1) is 12.4. The minimum atomic E-state index is -0.970. The molecule has 4 nitrogen and oxygen atoms in total. The van der Waals surface area contributed by atoms with E-state index in [1.165, 1.54) is 9.80 Å². The summed E-state index contributed by atoms with van der Waals surface area (Å²) in [5.74, 6) is -5.54. The van der Waals surface area contributed by atoms with Gasteiger partial charge >= 0.3 is 0 Å². The van der Waals surface area contributed by atoms with E-state index in [4.69, 9.17) is 0 Å². The lowest BCUT2D eigenvalue weighted by Crippen LogP contribution is -2.51. The van der Waals surface area contributed by atoms with E-state index in [-0.39, 0.29) is 26.2 Å². The third-order valence-electron chi connectivity index (χ3n) is 4.21. The van der Waals surface area contributed by atoms with E-state index in [1.807, 2.05) is 0 Å². The average Bonchev–Trinajstić information content (AvgIpc) is 2.61. The Bertz CT molecular complexity index is 752. The number of nitrogens with zero attached hydrogens (tertiary/aromatic N) is 2. The molecule has 0 bridgehead atoms. The lowest BCUT2D eigenvalue weighted by atomic mass is 10.1. The summed E-state index contributed by atoms with van der Waals surface area (Å²) in [6, 6.07) is 6.24. The number of carbonyl (C=O) groups excluding carboxylic acids is 2. The van der Waals surface area contributed by atoms with Gasteiger partial charge in [0.1, 0.15) is 34.4 Å². The SMILES string of the molecule is O=C(c1c(F)cccc1F)N1CCN(C(=O)c2c(F)cccc2F)CC1. The summed E-state index contributed by atoms with van der Waals surface area (Å²) in [5, 5.41) is 0.